The average Bonchev–Trinajstić information content (AvgIpc) is 3.46. The van der Waals surface area contributed by atoms with Crippen molar-refractivity contribution in [2.75, 3.05) is 31.3 Å². The number of nitrogens with one attached hydrogen (secondary N) is 1. The molecular formula is C25H36N6O2. The number of benzene rings is 1. The minimum absolute atomic E-state index is 0.100. The lowest BCUT2D eigenvalue weighted by Crippen LogP contribution is -2.22. The second-order valence-electron chi connectivity index (χ2n) is 9.26. The minimum Gasteiger partial charge on any atom is -0.496 e. The van der Waals surface area contributed by atoms with Gasteiger partial charge >= 0.3 is 0 Å². The summed E-state index contributed by atoms with van der Waals surface area (Å²) in [7, 11) is 1.71. The van der Waals surface area contributed by atoms with Crippen molar-refractivity contribution < 1.29 is 9.84 Å². The van der Waals surface area contributed by atoms with Crippen molar-refractivity contribution >= 4 is 22.8 Å². The van der Waals surface area contributed by atoms with Crippen molar-refractivity contribution in [2.45, 2.75) is 64.8 Å². The number of nitrogens with two attached hydrogens (primary N) is 1. The van der Waals surface area contributed by atoms with E-state index >= 15 is 0 Å². The molecule has 3 aromatic rings. The lowest BCUT2D eigenvalue weighted by atomic mass is 9.81. The van der Waals surface area contributed by atoms with Crippen molar-refractivity contribution in [1.82, 2.24) is 19.7 Å². The van der Waals surface area contributed by atoms with Gasteiger partial charge in [0.05, 0.1) is 19.9 Å². The number of methoxy groups -OCH3 is 1. The number of rotatable bonds is 11. The fourth-order valence-corrected chi connectivity index (χ4v) is 4.90. The average molecular weight is 453 g/mol. The van der Waals surface area contributed by atoms with Gasteiger partial charge in [-0.15, -0.1) is 0 Å². The van der Waals surface area contributed by atoms with Crippen LogP contribution in [0.1, 0.15) is 63.0 Å². The second kappa shape index (κ2) is 10.4. The van der Waals surface area contributed by atoms with E-state index in [1.165, 1.54) is 18.4 Å². The summed E-state index contributed by atoms with van der Waals surface area (Å²) in [6.07, 6.45) is 10.6. The first-order valence-corrected chi connectivity index (χ1v) is 12.1. The first-order valence-electron chi connectivity index (χ1n) is 12.1. The van der Waals surface area contributed by atoms with Gasteiger partial charge in [0.15, 0.2) is 5.82 Å². The predicted molar refractivity (Wildman–Crippen MR) is 132 cm³/mol. The van der Waals surface area contributed by atoms with Gasteiger partial charge in [-0.25, -0.2) is 4.98 Å². The smallest absolute Gasteiger partial charge is 0.222 e. The van der Waals surface area contributed by atoms with Crippen LogP contribution in [0, 0.1) is 5.41 Å². The molecule has 0 unspecified atom stereocenters. The van der Waals surface area contributed by atoms with Gasteiger partial charge in [-0.2, -0.15) is 10.1 Å². The molecule has 0 atom stereocenters. The summed E-state index contributed by atoms with van der Waals surface area (Å²) in [5.74, 6) is 1.80. The van der Waals surface area contributed by atoms with Crippen LogP contribution in [0.3, 0.4) is 0 Å². The highest BCUT2D eigenvalue weighted by Crippen LogP contribution is 2.41. The molecule has 4 N–H and O–H groups in total. The van der Waals surface area contributed by atoms with Crippen molar-refractivity contribution in [3.63, 3.8) is 0 Å². The number of fused-ring (bicyclic) bond motifs is 1. The molecule has 2 aromatic heterocycles. The first-order chi connectivity index (χ1) is 16.1. The molecule has 0 spiro atoms. The molecule has 1 aromatic carbocycles. The lowest BCUT2D eigenvalue weighted by Gasteiger charge is -2.26. The fourth-order valence-electron chi connectivity index (χ4n) is 4.90. The molecule has 2 heterocycles. The van der Waals surface area contributed by atoms with Crippen LogP contribution in [0.4, 0.5) is 11.8 Å². The van der Waals surface area contributed by atoms with Crippen LogP contribution < -0.4 is 15.8 Å². The number of nitrogen functional groups attached to an aromatic ring is 1. The zero-order valence-electron chi connectivity index (χ0n) is 19.8. The van der Waals surface area contributed by atoms with Crippen LogP contribution in [0.25, 0.3) is 11.0 Å². The van der Waals surface area contributed by atoms with Crippen LogP contribution in [0.2, 0.25) is 0 Å². The Bertz CT molecular complexity index is 1070. The maximum Gasteiger partial charge on any atom is 0.222 e. The van der Waals surface area contributed by atoms with E-state index in [1.54, 1.807) is 13.3 Å². The standard InChI is InChI=1S/C25H36N6O2/c1-3-4-13-27-23-22-20(29-24(26)30-23)15-28-31(22)16-19-8-7-18(14-21(19)33-2)9-12-25(17-32)10-5-6-11-25/h7-8,14-15,32H,3-6,9-13,16-17H2,1-2H3,(H3,26,27,29,30). The van der Waals surface area contributed by atoms with E-state index in [9.17, 15) is 5.11 Å². The Hall–Kier alpha value is -2.87. The maximum absolute atomic E-state index is 9.92. The molecular weight excluding hydrogens is 416 g/mol. The predicted octanol–water partition coefficient (Wildman–Crippen LogP) is 4.16. The highest BCUT2D eigenvalue weighted by molar-refractivity contribution is 5.86. The zero-order chi connectivity index (χ0) is 23.3. The van der Waals surface area contributed by atoms with E-state index in [2.05, 4.69) is 45.5 Å². The molecule has 1 saturated carbocycles. The Morgan fingerprint density at radius 2 is 2.06 bits per heavy atom. The summed E-state index contributed by atoms with van der Waals surface area (Å²) in [4.78, 5) is 8.78. The normalized spacial score (nSPS) is 15.2. The molecule has 0 saturated heterocycles. The summed E-state index contributed by atoms with van der Waals surface area (Å²) in [5, 5.41) is 17.9. The van der Waals surface area contributed by atoms with Gasteiger partial charge in [-0.3, -0.25) is 4.68 Å². The number of hydrogen-bond acceptors (Lipinski definition) is 7. The Labute approximate surface area is 195 Å². The number of unbranched alkanes of at least 4 members (excludes halogenated alkanes) is 1. The molecule has 0 aliphatic heterocycles. The summed E-state index contributed by atoms with van der Waals surface area (Å²) in [6, 6.07) is 6.40. The van der Waals surface area contributed by atoms with Gasteiger partial charge in [-0.05, 0) is 49.1 Å². The van der Waals surface area contributed by atoms with Gasteiger partial charge in [-0.1, -0.05) is 38.3 Å². The van der Waals surface area contributed by atoms with E-state index in [4.69, 9.17) is 10.5 Å². The maximum atomic E-state index is 9.92. The lowest BCUT2D eigenvalue weighted by molar-refractivity contribution is 0.121. The Balaban J connectivity index is 1.55. The number of aryl methyl sites for hydroxylation is 1. The highest BCUT2D eigenvalue weighted by Gasteiger charge is 2.32. The Kier molecular flexibility index (Phi) is 7.33. The quantitative estimate of drug-likeness (QED) is 0.375. The third kappa shape index (κ3) is 5.21. The molecule has 0 amide bonds. The van der Waals surface area contributed by atoms with Gasteiger partial charge in [0.2, 0.25) is 5.95 Å². The molecule has 33 heavy (non-hydrogen) atoms. The van der Waals surface area contributed by atoms with E-state index in [1.807, 2.05) is 4.68 Å². The summed E-state index contributed by atoms with van der Waals surface area (Å²) >= 11 is 0. The molecule has 4 rings (SSSR count). The van der Waals surface area contributed by atoms with Gasteiger partial charge in [0.25, 0.3) is 0 Å². The fraction of sp³-hybridized carbons (Fsp3) is 0.560. The van der Waals surface area contributed by atoms with E-state index in [-0.39, 0.29) is 18.0 Å². The van der Waals surface area contributed by atoms with Crippen molar-refractivity contribution in [2.24, 2.45) is 5.41 Å². The zero-order valence-corrected chi connectivity index (χ0v) is 19.8. The van der Waals surface area contributed by atoms with Gasteiger partial charge < -0.3 is 20.9 Å². The first kappa shape index (κ1) is 23.3. The van der Waals surface area contributed by atoms with Crippen molar-refractivity contribution in [3.05, 3.63) is 35.5 Å². The van der Waals surface area contributed by atoms with E-state index < -0.39 is 0 Å². The highest BCUT2D eigenvalue weighted by atomic mass is 16.5. The topological polar surface area (TPSA) is 111 Å². The molecule has 8 nitrogen and oxygen atoms in total. The van der Waals surface area contributed by atoms with Crippen LogP contribution in [-0.4, -0.2) is 45.1 Å². The van der Waals surface area contributed by atoms with Crippen molar-refractivity contribution in [3.8, 4) is 5.75 Å². The second-order valence-corrected chi connectivity index (χ2v) is 9.26. The number of ether oxygens (including phenoxy) is 1. The number of nitrogens with zero attached hydrogens (tertiary/aromatic N) is 4. The summed E-state index contributed by atoms with van der Waals surface area (Å²) in [6.45, 7) is 3.81. The summed E-state index contributed by atoms with van der Waals surface area (Å²) < 4.78 is 7.64. The molecule has 1 aliphatic carbocycles. The Morgan fingerprint density at radius 3 is 2.79 bits per heavy atom. The number of anilines is 2. The summed E-state index contributed by atoms with van der Waals surface area (Å²) in [5.41, 5.74) is 9.86. The molecule has 1 aliphatic rings. The van der Waals surface area contributed by atoms with Crippen LogP contribution >= 0.6 is 0 Å². The SMILES string of the molecule is CCCCNc1nc(N)nc2cnn(Cc3ccc(CCC4(CO)CCCC4)cc3OC)c12. The third-order valence-corrected chi connectivity index (χ3v) is 6.94. The number of aromatic nitrogens is 4. The number of hydrogen-bond donors (Lipinski definition) is 3. The largest absolute Gasteiger partial charge is 0.496 e. The molecule has 0 radical (unpaired) electrons. The molecule has 8 heteroatoms. The van der Waals surface area contributed by atoms with Crippen LogP contribution in [0.5, 0.6) is 5.75 Å². The minimum atomic E-state index is 0.100. The Morgan fingerprint density at radius 1 is 1.24 bits per heavy atom. The van der Waals surface area contributed by atoms with Crippen molar-refractivity contribution in [1.29, 1.82) is 0 Å². The third-order valence-electron chi connectivity index (χ3n) is 6.94. The monoisotopic (exact) mass is 452 g/mol. The van der Waals surface area contributed by atoms with E-state index in [0.29, 0.717) is 12.4 Å². The molecule has 1 fully saturated rings. The van der Waals surface area contributed by atoms with Gasteiger partial charge in [0, 0.05) is 18.7 Å². The van der Waals surface area contributed by atoms with Crippen LogP contribution in [0.15, 0.2) is 24.4 Å². The van der Waals surface area contributed by atoms with Gasteiger partial charge in [0.1, 0.15) is 16.8 Å². The number of aliphatic hydroxyl groups excluding tert-OH is 1. The number of aliphatic hydroxyl groups is 1. The van der Waals surface area contributed by atoms with E-state index in [0.717, 1.165) is 67.4 Å². The molecule has 178 valence electrons. The molecule has 0 bridgehead atoms. The van der Waals surface area contributed by atoms with Crippen LogP contribution in [-0.2, 0) is 13.0 Å².